The Bertz CT molecular complexity index is 923. The highest BCUT2D eigenvalue weighted by molar-refractivity contribution is 5.90. The minimum absolute atomic E-state index is 0.388. The quantitative estimate of drug-likeness (QED) is 0.451. The molecular weight excluding hydrogens is 334 g/mol. The Hall–Kier alpha value is -2.55. The molecule has 0 fully saturated rings. The van der Waals surface area contributed by atoms with E-state index in [-0.39, 0.29) is 0 Å². The van der Waals surface area contributed by atoms with E-state index in [2.05, 4.69) is 45.9 Å². The number of aldehydes is 1. The molecule has 0 saturated carbocycles. The first-order chi connectivity index (χ1) is 13.0. The first kappa shape index (κ1) is 19.2. The third-order valence-corrected chi connectivity index (χ3v) is 5.78. The van der Waals surface area contributed by atoms with Crippen molar-refractivity contribution < 1.29 is 9.53 Å². The molecule has 2 unspecified atom stereocenters. The largest absolute Gasteiger partial charge is 0.496 e. The highest BCUT2D eigenvalue weighted by Gasteiger charge is 2.21. The molecule has 0 radical (unpaired) electrons. The molecule has 0 saturated heterocycles. The van der Waals surface area contributed by atoms with Gasteiger partial charge in [0.25, 0.3) is 0 Å². The molecule has 0 aliphatic heterocycles. The minimum Gasteiger partial charge on any atom is -0.496 e. The van der Waals surface area contributed by atoms with Gasteiger partial charge >= 0.3 is 0 Å². The van der Waals surface area contributed by atoms with Gasteiger partial charge in [-0.15, -0.1) is 0 Å². The fourth-order valence-electron chi connectivity index (χ4n) is 3.73. The summed E-state index contributed by atoms with van der Waals surface area (Å²) in [7, 11) is 1.76. The number of benzene rings is 1. The summed E-state index contributed by atoms with van der Waals surface area (Å²) in [6.07, 6.45) is 4.98. The van der Waals surface area contributed by atoms with Gasteiger partial charge in [0.1, 0.15) is 5.75 Å². The number of aromatic nitrogens is 1. The first-order valence-electron chi connectivity index (χ1n) is 9.83. The van der Waals surface area contributed by atoms with Gasteiger partial charge in [-0.05, 0) is 71.7 Å². The molecule has 0 aliphatic rings. The average Bonchev–Trinajstić information content (AvgIpc) is 3.10. The Labute approximate surface area is 162 Å². The first-order valence-corrected chi connectivity index (χ1v) is 9.83. The van der Waals surface area contributed by atoms with Crippen molar-refractivity contribution in [1.29, 1.82) is 0 Å². The van der Waals surface area contributed by atoms with Crippen molar-refractivity contribution in [3.8, 4) is 16.9 Å². The standard InChI is InChI=1S/C24H29NO2/c1-6-16(3)20-12-18(13-21(17(4)7-2)24(20)27-5)22-14-19-10-8-9-11-25(19)23(22)15-26/h8-17H,6-7H2,1-5H3. The summed E-state index contributed by atoms with van der Waals surface area (Å²) in [5, 5.41) is 0. The highest BCUT2D eigenvalue weighted by Crippen LogP contribution is 2.41. The predicted molar refractivity (Wildman–Crippen MR) is 112 cm³/mol. The lowest BCUT2D eigenvalue weighted by molar-refractivity contribution is 0.111. The van der Waals surface area contributed by atoms with Gasteiger partial charge in [0, 0.05) is 17.3 Å². The van der Waals surface area contributed by atoms with E-state index in [9.17, 15) is 4.79 Å². The minimum atomic E-state index is 0.388. The van der Waals surface area contributed by atoms with Gasteiger partial charge in [-0.3, -0.25) is 4.79 Å². The molecule has 3 rings (SSSR count). The zero-order valence-electron chi connectivity index (χ0n) is 17.0. The summed E-state index contributed by atoms with van der Waals surface area (Å²) in [5.74, 6) is 1.78. The molecule has 2 aromatic heterocycles. The summed E-state index contributed by atoms with van der Waals surface area (Å²) in [6, 6.07) is 12.5. The molecule has 0 aliphatic carbocycles. The zero-order valence-corrected chi connectivity index (χ0v) is 17.0. The Morgan fingerprint density at radius 3 is 2.19 bits per heavy atom. The van der Waals surface area contributed by atoms with E-state index in [1.165, 1.54) is 11.1 Å². The van der Waals surface area contributed by atoms with Gasteiger partial charge in [0.15, 0.2) is 6.29 Å². The van der Waals surface area contributed by atoms with E-state index in [1.54, 1.807) is 7.11 Å². The van der Waals surface area contributed by atoms with Crippen LogP contribution < -0.4 is 4.74 Å². The predicted octanol–water partition coefficient (Wildman–Crippen LogP) is 6.45. The normalized spacial score (nSPS) is 13.5. The molecular formula is C24H29NO2. The molecule has 1 aromatic carbocycles. The number of nitrogens with zero attached hydrogens (tertiary/aromatic N) is 1. The molecule has 3 aromatic rings. The Morgan fingerprint density at radius 1 is 1.04 bits per heavy atom. The molecule has 3 nitrogen and oxygen atoms in total. The van der Waals surface area contributed by atoms with E-state index in [0.29, 0.717) is 17.5 Å². The van der Waals surface area contributed by atoms with Crippen molar-refractivity contribution in [3.63, 3.8) is 0 Å². The number of ether oxygens (including phenoxy) is 1. The lowest BCUT2D eigenvalue weighted by Gasteiger charge is -2.22. The summed E-state index contributed by atoms with van der Waals surface area (Å²) < 4.78 is 7.81. The monoisotopic (exact) mass is 363 g/mol. The second-order valence-corrected chi connectivity index (χ2v) is 7.36. The van der Waals surface area contributed by atoms with Crippen LogP contribution in [0.2, 0.25) is 0 Å². The Morgan fingerprint density at radius 2 is 1.67 bits per heavy atom. The van der Waals surface area contributed by atoms with Crippen LogP contribution in [0.15, 0.2) is 42.6 Å². The Balaban J connectivity index is 2.32. The molecule has 0 amide bonds. The van der Waals surface area contributed by atoms with E-state index < -0.39 is 0 Å². The van der Waals surface area contributed by atoms with E-state index in [0.717, 1.165) is 41.5 Å². The van der Waals surface area contributed by atoms with Crippen LogP contribution in [0.3, 0.4) is 0 Å². The van der Waals surface area contributed by atoms with Crippen LogP contribution in [0, 0.1) is 0 Å². The number of carbonyl (C=O) groups is 1. The number of hydrogen-bond acceptors (Lipinski definition) is 2. The van der Waals surface area contributed by atoms with Crippen LogP contribution in [0.5, 0.6) is 5.75 Å². The van der Waals surface area contributed by atoms with Crippen LogP contribution in [-0.2, 0) is 0 Å². The van der Waals surface area contributed by atoms with Crippen molar-refractivity contribution in [3.05, 3.63) is 59.4 Å². The van der Waals surface area contributed by atoms with Crippen molar-refractivity contribution in [2.45, 2.75) is 52.4 Å². The summed E-state index contributed by atoms with van der Waals surface area (Å²) in [6.45, 7) is 8.87. The van der Waals surface area contributed by atoms with Crippen molar-refractivity contribution in [2.75, 3.05) is 7.11 Å². The number of methoxy groups -OCH3 is 1. The smallest absolute Gasteiger partial charge is 0.167 e. The van der Waals surface area contributed by atoms with Crippen LogP contribution in [0.1, 0.15) is 74.0 Å². The second-order valence-electron chi connectivity index (χ2n) is 7.36. The molecule has 0 spiro atoms. The average molecular weight is 364 g/mol. The molecule has 2 heterocycles. The molecule has 0 N–H and O–H groups in total. The van der Waals surface area contributed by atoms with Crippen LogP contribution in [-0.4, -0.2) is 17.8 Å². The number of rotatable bonds is 7. The summed E-state index contributed by atoms with van der Waals surface area (Å²) in [5.41, 5.74) is 6.24. The lowest BCUT2D eigenvalue weighted by atomic mass is 9.86. The molecule has 142 valence electrons. The number of pyridine rings is 1. The van der Waals surface area contributed by atoms with E-state index >= 15 is 0 Å². The van der Waals surface area contributed by atoms with Crippen LogP contribution in [0.25, 0.3) is 16.6 Å². The fraction of sp³-hybridized carbons (Fsp3) is 0.375. The molecule has 3 heteroatoms. The molecule has 2 atom stereocenters. The van der Waals surface area contributed by atoms with Crippen molar-refractivity contribution in [2.24, 2.45) is 0 Å². The van der Waals surface area contributed by atoms with Gasteiger partial charge in [0.2, 0.25) is 0 Å². The van der Waals surface area contributed by atoms with Gasteiger partial charge in [-0.1, -0.05) is 33.8 Å². The SMILES string of the molecule is CCC(C)c1cc(-c2cc3ccccn3c2C=O)cc(C(C)CC)c1OC. The van der Waals surface area contributed by atoms with Gasteiger partial charge in [-0.25, -0.2) is 0 Å². The summed E-state index contributed by atoms with van der Waals surface area (Å²) in [4.78, 5) is 11.9. The van der Waals surface area contributed by atoms with Crippen molar-refractivity contribution in [1.82, 2.24) is 4.40 Å². The molecule has 27 heavy (non-hydrogen) atoms. The maximum Gasteiger partial charge on any atom is 0.167 e. The summed E-state index contributed by atoms with van der Waals surface area (Å²) >= 11 is 0. The topological polar surface area (TPSA) is 30.7 Å². The van der Waals surface area contributed by atoms with Gasteiger partial charge < -0.3 is 9.14 Å². The van der Waals surface area contributed by atoms with Gasteiger partial charge in [0.05, 0.1) is 12.8 Å². The molecule has 0 bridgehead atoms. The van der Waals surface area contributed by atoms with Gasteiger partial charge in [-0.2, -0.15) is 0 Å². The third-order valence-electron chi connectivity index (χ3n) is 5.78. The third kappa shape index (κ3) is 3.39. The zero-order chi connectivity index (χ0) is 19.6. The van der Waals surface area contributed by atoms with Crippen LogP contribution >= 0.6 is 0 Å². The number of hydrogen-bond donors (Lipinski definition) is 0. The highest BCUT2D eigenvalue weighted by atomic mass is 16.5. The second kappa shape index (κ2) is 7.99. The van der Waals surface area contributed by atoms with Crippen LogP contribution in [0.4, 0.5) is 0 Å². The van der Waals surface area contributed by atoms with Crippen molar-refractivity contribution >= 4 is 11.8 Å². The maximum absolute atomic E-state index is 11.9. The number of carbonyl (C=O) groups excluding carboxylic acids is 1. The number of fused-ring (bicyclic) bond motifs is 1. The van der Waals surface area contributed by atoms with E-state index in [1.807, 2.05) is 28.8 Å². The Kier molecular flexibility index (Phi) is 5.69. The maximum atomic E-state index is 11.9. The van der Waals surface area contributed by atoms with E-state index in [4.69, 9.17) is 4.74 Å². The lowest BCUT2D eigenvalue weighted by Crippen LogP contribution is -2.04. The fourth-order valence-corrected chi connectivity index (χ4v) is 3.73.